The Morgan fingerprint density at radius 3 is 2.74 bits per heavy atom. The zero-order valence-electron chi connectivity index (χ0n) is 9.70. The summed E-state index contributed by atoms with van der Waals surface area (Å²) in [6.45, 7) is 0. The standard InChI is InChI=1S/C13H10N2O4/c16-10-2-1-8(13(18)19)7-9(10)11(17)3-4-12-14-5-6-15-12/h1-7,16H,(H,14,15)(H,18,19)/b4-3+. The maximum Gasteiger partial charge on any atom is 0.335 e. The van der Waals surface area contributed by atoms with Crippen LogP contribution in [0.1, 0.15) is 26.5 Å². The second-order valence-electron chi connectivity index (χ2n) is 3.71. The number of hydrogen-bond donors (Lipinski definition) is 3. The minimum Gasteiger partial charge on any atom is -0.507 e. The Hall–Kier alpha value is -2.89. The largest absolute Gasteiger partial charge is 0.507 e. The van der Waals surface area contributed by atoms with E-state index in [1.165, 1.54) is 30.5 Å². The number of carbonyl (C=O) groups excluding carboxylic acids is 1. The van der Waals surface area contributed by atoms with Crippen molar-refractivity contribution in [3.05, 3.63) is 53.6 Å². The van der Waals surface area contributed by atoms with Gasteiger partial charge in [0.2, 0.25) is 0 Å². The number of aromatic nitrogens is 2. The number of H-pyrrole nitrogens is 1. The second-order valence-corrected chi connectivity index (χ2v) is 3.71. The minimum absolute atomic E-state index is 0.0625. The molecule has 2 aromatic rings. The van der Waals surface area contributed by atoms with Crippen LogP contribution in [0.4, 0.5) is 0 Å². The molecule has 0 aliphatic rings. The molecular weight excluding hydrogens is 248 g/mol. The van der Waals surface area contributed by atoms with E-state index in [0.717, 1.165) is 6.07 Å². The number of carboxylic acids is 1. The smallest absolute Gasteiger partial charge is 0.335 e. The van der Waals surface area contributed by atoms with E-state index < -0.39 is 11.8 Å². The molecule has 0 bridgehead atoms. The van der Waals surface area contributed by atoms with Crippen molar-refractivity contribution in [3.63, 3.8) is 0 Å². The Kier molecular flexibility index (Phi) is 3.42. The third-order valence-electron chi connectivity index (χ3n) is 2.42. The van der Waals surface area contributed by atoms with Gasteiger partial charge in [-0.25, -0.2) is 9.78 Å². The normalized spacial score (nSPS) is 10.7. The zero-order chi connectivity index (χ0) is 13.8. The topological polar surface area (TPSA) is 103 Å². The van der Waals surface area contributed by atoms with Gasteiger partial charge in [-0.05, 0) is 30.4 Å². The molecule has 0 spiro atoms. The van der Waals surface area contributed by atoms with Crippen molar-refractivity contribution in [1.82, 2.24) is 9.97 Å². The van der Waals surface area contributed by atoms with Crippen molar-refractivity contribution in [3.8, 4) is 5.75 Å². The van der Waals surface area contributed by atoms with Crippen LogP contribution in [0.15, 0.2) is 36.7 Å². The monoisotopic (exact) mass is 258 g/mol. The third kappa shape index (κ3) is 2.86. The van der Waals surface area contributed by atoms with E-state index in [9.17, 15) is 14.7 Å². The number of carboxylic acid groups (broad SMARTS) is 1. The van der Waals surface area contributed by atoms with Gasteiger partial charge in [0.15, 0.2) is 5.78 Å². The lowest BCUT2D eigenvalue weighted by molar-refractivity contribution is 0.0697. The third-order valence-corrected chi connectivity index (χ3v) is 2.42. The first-order chi connectivity index (χ1) is 9.08. The van der Waals surface area contributed by atoms with E-state index in [-0.39, 0.29) is 16.9 Å². The molecule has 96 valence electrons. The van der Waals surface area contributed by atoms with Crippen LogP contribution in [0.3, 0.4) is 0 Å². The number of phenols is 1. The number of aromatic hydroxyl groups is 1. The molecule has 0 unspecified atom stereocenters. The Morgan fingerprint density at radius 2 is 2.11 bits per heavy atom. The Morgan fingerprint density at radius 1 is 1.32 bits per heavy atom. The van der Waals surface area contributed by atoms with Crippen LogP contribution in [0.2, 0.25) is 0 Å². The van der Waals surface area contributed by atoms with E-state index >= 15 is 0 Å². The molecule has 6 nitrogen and oxygen atoms in total. The maximum atomic E-state index is 11.9. The van der Waals surface area contributed by atoms with Crippen LogP contribution >= 0.6 is 0 Å². The predicted octanol–water partition coefficient (Wildman–Crippen LogP) is 1.71. The summed E-state index contributed by atoms with van der Waals surface area (Å²) >= 11 is 0. The number of imidazole rings is 1. The summed E-state index contributed by atoms with van der Waals surface area (Å²) in [5.41, 5.74) is -0.129. The van der Waals surface area contributed by atoms with Crippen molar-refractivity contribution in [1.29, 1.82) is 0 Å². The average molecular weight is 258 g/mol. The van der Waals surface area contributed by atoms with Crippen LogP contribution in [-0.2, 0) is 0 Å². The van der Waals surface area contributed by atoms with Gasteiger partial charge in [-0.3, -0.25) is 4.79 Å². The van der Waals surface area contributed by atoms with Crippen molar-refractivity contribution in [2.75, 3.05) is 0 Å². The summed E-state index contributed by atoms with van der Waals surface area (Å²) in [6.07, 6.45) is 5.79. The van der Waals surface area contributed by atoms with Gasteiger partial charge in [0.1, 0.15) is 11.6 Å². The number of carbonyl (C=O) groups is 2. The van der Waals surface area contributed by atoms with Crippen molar-refractivity contribution in [2.24, 2.45) is 0 Å². The average Bonchev–Trinajstić information content (AvgIpc) is 2.89. The van der Waals surface area contributed by atoms with Gasteiger partial charge in [0.25, 0.3) is 0 Å². The highest BCUT2D eigenvalue weighted by Crippen LogP contribution is 2.19. The SMILES string of the molecule is O=C(O)c1ccc(O)c(C(=O)/C=C/c2ncc[nH]2)c1. The molecule has 1 aromatic heterocycles. The predicted molar refractivity (Wildman–Crippen MR) is 67.0 cm³/mol. The summed E-state index contributed by atoms with van der Waals surface area (Å²) in [7, 11) is 0. The molecule has 0 amide bonds. The Balaban J connectivity index is 2.28. The highest BCUT2D eigenvalue weighted by atomic mass is 16.4. The van der Waals surface area contributed by atoms with Crippen LogP contribution in [0, 0.1) is 0 Å². The molecule has 0 atom stereocenters. The molecule has 0 saturated heterocycles. The highest BCUT2D eigenvalue weighted by Gasteiger charge is 2.12. The molecule has 2 rings (SSSR count). The highest BCUT2D eigenvalue weighted by molar-refractivity contribution is 6.09. The van der Waals surface area contributed by atoms with E-state index in [4.69, 9.17) is 5.11 Å². The number of benzene rings is 1. The summed E-state index contributed by atoms with van der Waals surface area (Å²) in [5, 5.41) is 18.4. The fraction of sp³-hybridized carbons (Fsp3) is 0. The zero-order valence-corrected chi connectivity index (χ0v) is 9.70. The van der Waals surface area contributed by atoms with E-state index in [1.807, 2.05) is 0 Å². The second kappa shape index (κ2) is 5.18. The molecule has 0 aliphatic heterocycles. The van der Waals surface area contributed by atoms with Gasteiger partial charge in [0.05, 0.1) is 11.1 Å². The van der Waals surface area contributed by atoms with Crippen LogP contribution in [0.25, 0.3) is 6.08 Å². The number of nitrogens with zero attached hydrogens (tertiary/aromatic N) is 1. The lowest BCUT2D eigenvalue weighted by Gasteiger charge is -2.02. The summed E-state index contributed by atoms with van der Waals surface area (Å²) in [5.74, 6) is -1.44. The van der Waals surface area contributed by atoms with Gasteiger partial charge in [0, 0.05) is 12.4 Å². The molecular formula is C13H10N2O4. The molecule has 19 heavy (non-hydrogen) atoms. The van der Waals surface area contributed by atoms with Crippen LogP contribution in [0.5, 0.6) is 5.75 Å². The number of aromatic amines is 1. The van der Waals surface area contributed by atoms with Crippen molar-refractivity contribution in [2.45, 2.75) is 0 Å². The maximum absolute atomic E-state index is 11.9. The number of phenolic OH excluding ortho intramolecular Hbond substituents is 1. The number of nitrogens with one attached hydrogen (secondary N) is 1. The van der Waals surface area contributed by atoms with Crippen molar-refractivity contribution < 1.29 is 19.8 Å². The van der Waals surface area contributed by atoms with Crippen molar-refractivity contribution >= 4 is 17.8 Å². The summed E-state index contributed by atoms with van der Waals surface area (Å²) in [6, 6.07) is 3.54. The van der Waals surface area contributed by atoms with Gasteiger partial charge in [-0.2, -0.15) is 0 Å². The first-order valence-electron chi connectivity index (χ1n) is 5.36. The molecule has 6 heteroatoms. The number of aromatic carboxylic acids is 1. The van der Waals surface area contributed by atoms with Crippen LogP contribution in [-0.4, -0.2) is 31.9 Å². The first-order valence-corrected chi connectivity index (χ1v) is 5.36. The molecule has 0 aliphatic carbocycles. The summed E-state index contributed by atoms with van der Waals surface area (Å²) in [4.78, 5) is 29.3. The number of rotatable bonds is 4. The molecule has 1 aromatic carbocycles. The van der Waals surface area contributed by atoms with E-state index in [2.05, 4.69) is 9.97 Å². The van der Waals surface area contributed by atoms with E-state index in [0.29, 0.717) is 5.82 Å². The van der Waals surface area contributed by atoms with Gasteiger partial charge < -0.3 is 15.2 Å². The van der Waals surface area contributed by atoms with Gasteiger partial charge >= 0.3 is 5.97 Å². The van der Waals surface area contributed by atoms with E-state index in [1.54, 1.807) is 6.20 Å². The van der Waals surface area contributed by atoms with Crippen LogP contribution < -0.4 is 0 Å². The molecule has 1 heterocycles. The fourth-order valence-electron chi connectivity index (χ4n) is 1.48. The number of allylic oxidation sites excluding steroid dienone is 1. The molecule has 0 radical (unpaired) electrons. The Labute approximate surface area is 108 Å². The minimum atomic E-state index is -1.16. The first kappa shape index (κ1) is 12.6. The molecule has 0 fully saturated rings. The molecule has 3 N–H and O–H groups in total. The van der Waals surface area contributed by atoms with Gasteiger partial charge in [-0.1, -0.05) is 0 Å². The quantitative estimate of drug-likeness (QED) is 0.572. The fourth-order valence-corrected chi connectivity index (χ4v) is 1.48. The summed E-state index contributed by atoms with van der Waals surface area (Å²) < 4.78 is 0. The Bertz CT molecular complexity index is 645. The molecule has 0 saturated carbocycles. The number of hydrogen-bond acceptors (Lipinski definition) is 4. The lowest BCUT2D eigenvalue weighted by Crippen LogP contribution is -2.01. The lowest BCUT2D eigenvalue weighted by atomic mass is 10.1. The van der Waals surface area contributed by atoms with Gasteiger partial charge in [-0.15, -0.1) is 0 Å². The number of ketones is 1.